The zero-order valence-corrected chi connectivity index (χ0v) is 16.7. The van der Waals surface area contributed by atoms with Crippen LogP contribution in [0.15, 0.2) is 22.6 Å². The molecule has 0 aromatic carbocycles. The van der Waals surface area contributed by atoms with Crippen molar-refractivity contribution in [3.8, 4) is 0 Å². The topological polar surface area (TPSA) is 181 Å². The highest BCUT2D eigenvalue weighted by molar-refractivity contribution is 7.89. The van der Waals surface area contributed by atoms with Crippen LogP contribution in [0.1, 0.15) is 25.7 Å². The molecule has 158 valence electrons. The van der Waals surface area contributed by atoms with Crippen LogP contribution in [0.4, 0.5) is 0 Å². The third-order valence-electron chi connectivity index (χ3n) is 5.29. The molecule has 4 unspecified atom stereocenters. The Morgan fingerprint density at radius 3 is 2.46 bits per heavy atom. The highest BCUT2D eigenvalue weighted by Crippen LogP contribution is 2.33. The van der Waals surface area contributed by atoms with Gasteiger partial charge in [-0.25, -0.2) is 0 Å². The molecule has 2 aliphatic carbocycles. The number of rotatable bonds is 7. The van der Waals surface area contributed by atoms with Crippen molar-refractivity contribution in [2.75, 3.05) is 13.1 Å². The summed E-state index contributed by atoms with van der Waals surface area (Å²) in [6, 6.07) is 0. The van der Waals surface area contributed by atoms with Crippen molar-refractivity contribution in [3.63, 3.8) is 0 Å². The van der Waals surface area contributed by atoms with Crippen LogP contribution in [0.25, 0.3) is 0 Å². The molecule has 1 saturated carbocycles. The number of aldehydes is 1. The monoisotopic (exact) mass is 436 g/mol. The van der Waals surface area contributed by atoms with Gasteiger partial charge in [0.1, 0.15) is 6.29 Å². The van der Waals surface area contributed by atoms with Gasteiger partial charge in [0.15, 0.2) is 0 Å². The highest BCUT2D eigenvalue weighted by atomic mass is 32.2. The predicted molar refractivity (Wildman–Crippen MR) is 100 cm³/mol. The first kappa shape index (κ1) is 22.7. The van der Waals surface area contributed by atoms with Gasteiger partial charge in [0.2, 0.25) is 5.91 Å². The van der Waals surface area contributed by atoms with Crippen molar-refractivity contribution >= 4 is 32.4 Å². The molecule has 0 heterocycles. The molecule has 0 bridgehead atoms. The Morgan fingerprint density at radius 1 is 1.25 bits per heavy atom. The molecule has 5 N–H and O–H groups in total. The van der Waals surface area contributed by atoms with Gasteiger partial charge < -0.3 is 11.1 Å². The zero-order chi connectivity index (χ0) is 21.1. The SMILES string of the molecule is NCC1CCC(C(=O)NCC2CC=C(C=O)C=C2S(=O)(=O)O)CC1S(=O)(=O)O. The number of carbonyl (C=O) groups excluding carboxylic acids is 2. The maximum atomic E-state index is 12.5. The Bertz CT molecular complexity index is 892. The lowest BCUT2D eigenvalue weighted by Gasteiger charge is -2.33. The third-order valence-corrected chi connectivity index (χ3v) is 7.68. The van der Waals surface area contributed by atoms with Crippen molar-refractivity contribution in [1.29, 1.82) is 0 Å². The Balaban J connectivity index is 2.05. The maximum Gasteiger partial charge on any atom is 0.291 e. The molecule has 4 atom stereocenters. The lowest BCUT2D eigenvalue weighted by Crippen LogP contribution is -2.44. The molecular formula is C16H24N2O8S2. The van der Waals surface area contributed by atoms with Gasteiger partial charge in [-0.3, -0.25) is 18.7 Å². The molecule has 0 spiro atoms. The zero-order valence-electron chi connectivity index (χ0n) is 15.0. The molecule has 2 rings (SSSR count). The molecule has 10 nitrogen and oxygen atoms in total. The summed E-state index contributed by atoms with van der Waals surface area (Å²) in [6.45, 7) is -0.0325. The molecule has 2 aliphatic rings. The van der Waals surface area contributed by atoms with Gasteiger partial charge in [-0.1, -0.05) is 6.08 Å². The molecule has 0 radical (unpaired) electrons. The second-order valence-electron chi connectivity index (χ2n) is 7.08. The first-order chi connectivity index (χ1) is 13.0. The normalized spacial score (nSPS) is 28.8. The fourth-order valence-corrected chi connectivity index (χ4v) is 5.81. The first-order valence-corrected chi connectivity index (χ1v) is 11.7. The van der Waals surface area contributed by atoms with E-state index in [1.807, 2.05) is 0 Å². The molecule has 1 amide bonds. The Labute approximate surface area is 163 Å². The van der Waals surface area contributed by atoms with Gasteiger partial charge in [0.25, 0.3) is 20.2 Å². The summed E-state index contributed by atoms with van der Waals surface area (Å²) in [7, 11) is -8.89. The Hall–Kier alpha value is -1.60. The van der Waals surface area contributed by atoms with E-state index in [1.54, 1.807) is 0 Å². The van der Waals surface area contributed by atoms with Gasteiger partial charge >= 0.3 is 0 Å². The van der Waals surface area contributed by atoms with E-state index in [0.29, 0.717) is 19.1 Å². The van der Waals surface area contributed by atoms with E-state index >= 15 is 0 Å². The van der Waals surface area contributed by atoms with Crippen LogP contribution in [0.2, 0.25) is 0 Å². The van der Waals surface area contributed by atoms with E-state index in [4.69, 9.17) is 5.73 Å². The summed E-state index contributed by atoms with van der Waals surface area (Å²) >= 11 is 0. The summed E-state index contributed by atoms with van der Waals surface area (Å²) in [6.07, 6.45) is 3.83. The average molecular weight is 437 g/mol. The standard InChI is InChI=1S/C16H24N2O8S2/c17-7-12-4-3-11(6-15(12)28(24,25)26)16(20)18-8-13-2-1-10(9-19)5-14(13)27(21,22)23/h1,5,9,11-13,15H,2-4,6-8,17H2,(H,18,20)(H,21,22,23)(H,24,25,26). The predicted octanol–water partition coefficient (Wildman–Crippen LogP) is -0.349. The van der Waals surface area contributed by atoms with Gasteiger partial charge in [-0.15, -0.1) is 0 Å². The minimum atomic E-state index is -4.55. The van der Waals surface area contributed by atoms with Gasteiger partial charge in [0.05, 0.1) is 10.2 Å². The van der Waals surface area contributed by atoms with E-state index in [9.17, 15) is 35.5 Å². The highest BCUT2D eigenvalue weighted by Gasteiger charge is 2.40. The van der Waals surface area contributed by atoms with Gasteiger partial charge in [0, 0.05) is 24.0 Å². The van der Waals surface area contributed by atoms with E-state index in [1.165, 1.54) is 6.08 Å². The van der Waals surface area contributed by atoms with Crippen LogP contribution in [0.5, 0.6) is 0 Å². The van der Waals surface area contributed by atoms with Crippen LogP contribution in [-0.2, 0) is 29.8 Å². The van der Waals surface area contributed by atoms with Crippen LogP contribution < -0.4 is 11.1 Å². The van der Waals surface area contributed by atoms with Gasteiger partial charge in [-0.05, 0) is 44.2 Å². The van der Waals surface area contributed by atoms with E-state index in [0.717, 1.165) is 6.08 Å². The number of nitrogens with two attached hydrogens (primary N) is 1. The van der Waals surface area contributed by atoms with E-state index in [-0.39, 0.29) is 36.4 Å². The van der Waals surface area contributed by atoms with Crippen LogP contribution in [-0.4, -0.2) is 56.5 Å². The summed E-state index contributed by atoms with van der Waals surface area (Å²) in [4.78, 5) is 22.9. The van der Waals surface area contributed by atoms with Crippen LogP contribution >= 0.6 is 0 Å². The maximum absolute atomic E-state index is 12.5. The minimum absolute atomic E-state index is 0.0760. The fourth-order valence-electron chi connectivity index (χ4n) is 3.72. The van der Waals surface area contributed by atoms with Crippen molar-refractivity contribution in [2.45, 2.75) is 30.9 Å². The van der Waals surface area contributed by atoms with Crippen LogP contribution in [0.3, 0.4) is 0 Å². The second kappa shape index (κ2) is 8.82. The molecule has 1 fully saturated rings. The Kier molecular flexibility index (Phi) is 7.15. The number of amides is 1. The number of nitrogens with one attached hydrogen (secondary N) is 1. The summed E-state index contributed by atoms with van der Waals surface area (Å²) in [5, 5.41) is 1.46. The van der Waals surface area contributed by atoms with E-state index in [2.05, 4.69) is 5.32 Å². The third kappa shape index (κ3) is 5.47. The minimum Gasteiger partial charge on any atom is -0.355 e. The molecular weight excluding hydrogens is 412 g/mol. The van der Waals surface area contributed by atoms with Gasteiger partial charge in [-0.2, -0.15) is 16.8 Å². The number of carbonyl (C=O) groups is 2. The van der Waals surface area contributed by atoms with Crippen LogP contribution in [0, 0.1) is 17.8 Å². The van der Waals surface area contributed by atoms with Crippen molar-refractivity contribution < 1.29 is 35.5 Å². The number of allylic oxidation sites excluding steroid dienone is 3. The smallest absolute Gasteiger partial charge is 0.291 e. The number of hydrogen-bond donors (Lipinski definition) is 4. The van der Waals surface area contributed by atoms with Crippen molar-refractivity contribution in [2.24, 2.45) is 23.5 Å². The average Bonchev–Trinajstić information content (AvgIpc) is 2.63. The molecule has 12 heteroatoms. The molecule has 0 aromatic rings. The molecule has 0 saturated heterocycles. The summed E-state index contributed by atoms with van der Waals surface area (Å²) in [5.74, 6) is -2.32. The Morgan fingerprint density at radius 2 is 1.93 bits per heavy atom. The quantitative estimate of drug-likeness (QED) is 0.306. The van der Waals surface area contributed by atoms with E-state index < -0.39 is 49.1 Å². The first-order valence-electron chi connectivity index (χ1n) is 8.75. The lowest BCUT2D eigenvalue weighted by atomic mass is 9.81. The molecule has 28 heavy (non-hydrogen) atoms. The van der Waals surface area contributed by atoms with Crippen molar-refractivity contribution in [1.82, 2.24) is 5.32 Å². The largest absolute Gasteiger partial charge is 0.355 e. The molecule has 0 aliphatic heterocycles. The number of hydrogen-bond acceptors (Lipinski definition) is 7. The van der Waals surface area contributed by atoms with Crippen molar-refractivity contribution in [3.05, 3.63) is 22.6 Å². The summed E-state index contributed by atoms with van der Waals surface area (Å²) in [5.41, 5.74) is 5.67. The lowest BCUT2D eigenvalue weighted by molar-refractivity contribution is -0.126. The fraction of sp³-hybridized carbons (Fsp3) is 0.625. The molecule has 0 aromatic heterocycles. The summed E-state index contributed by atoms with van der Waals surface area (Å²) < 4.78 is 65.0. The second-order valence-corrected chi connectivity index (χ2v) is 10.1.